The third kappa shape index (κ3) is 8.77. The van der Waals surface area contributed by atoms with Gasteiger partial charge in [0.2, 0.25) is 0 Å². The van der Waals surface area contributed by atoms with Gasteiger partial charge in [0.15, 0.2) is 5.96 Å². The first-order valence-electron chi connectivity index (χ1n) is 9.94. The second-order valence-corrected chi connectivity index (χ2v) is 8.00. The third-order valence-electron chi connectivity index (χ3n) is 4.53. The first-order valence-corrected chi connectivity index (χ1v) is 9.94. The van der Waals surface area contributed by atoms with E-state index in [0.29, 0.717) is 32.2 Å². The van der Waals surface area contributed by atoms with Gasteiger partial charge in [0.1, 0.15) is 5.60 Å². The summed E-state index contributed by atoms with van der Waals surface area (Å²) in [5, 5.41) is 3.22. The highest BCUT2D eigenvalue weighted by Gasteiger charge is 2.21. The SMILES string of the molecule is COCCN(CCN=C(N)Nc1cccc2c1CCCC2)C(=O)OC(C)(C)C.I. The van der Waals surface area contributed by atoms with E-state index < -0.39 is 5.60 Å². The molecular formula is C21H35IN4O3. The first kappa shape index (κ1) is 25.5. The minimum Gasteiger partial charge on any atom is -0.444 e. The van der Waals surface area contributed by atoms with Crippen LogP contribution in [0.1, 0.15) is 44.7 Å². The Kier molecular flexibility index (Phi) is 10.7. The van der Waals surface area contributed by atoms with Crippen LogP contribution in [0, 0.1) is 0 Å². The van der Waals surface area contributed by atoms with Crippen molar-refractivity contribution in [3.63, 3.8) is 0 Å². The van der Waals surface area contributed by atoms with Gasteiger partial charge in [-0.25, -0.2) is 4.79 Å². The molecular weight excluding hydrogens is 483 g/mol. The van der Waals surface area contributed by atoms with E-state index in [0.717, 1.165) is 18.5 Å². The zero-order chi connectivity index (χ0) is 20.6. The molecule has 0 fully saturated rings. The fraction of sp³-hybridized carbons (Fsp3) is 0.619. The van der Waals surface area contributed by atoms with Crippen LogP contribution in [0.3, 0.4) is 0 Å². The Labute approximate surface area is 191 Å². The number of carbonyl (C=O) groups is 1. The number of halogens is 1. The number of aliphatic imine (C=N–C) groups is 1. The number of benzene rings is 1. The van der Waals surface area contributed by atoms with E-state index in [2.05, 4.69) is 22.4 Å². The van der Waals surface area contributed by atoms with Crippen molar-refractivity contribution in [2.75, 3.05) is 38.7 Å². The molecule has 3 N–H and O–H groups in total. The van der Waals surface area contributed by atoms with Crippen LogP contribution >= 0.6 is 24.0 Å². The molecule has 1 amide bonds. The second kappa shape index (κ2) is 12.2. The zero-order valence-corrected chi connectivity index (χ0v) is 20.3. The van der Waals surface area contributed by atoms with E-state index in [9.17, 15) is 4.79 Å². The molecule has 0 radical (unpaired) electrons. The Balaban J connectivity index is 0.00000420. The number of amides is 1. The van der Waals surface area contributed by atoms with Gasteiger partial charge in [0, 0.05) is 25.9 Å². The number of anilines is 1. The molecule has 0 heterocycles. The Morgan fingerprint density at radius 1 is 1.24 bits per heavy atom. The molecule has 0 atom stereocenters. The number of methoxy groups -OCH3 is 1. The largest absolute Gasteiger partial charge is 0.444 e. The van der Waals surface area contributed by atoms with Crippen LogP contribution in [0.4, 0.5) is 10.5 Å². The fourth-order valence-corrected chi connectivity index (χ4v) is 3.19. The van der Waals surface area contributed by atoms with Gasteiger partial charge in [-0.1, -0.05) is 12.1 Å². The van der Waals surface area contributed by atoms with Crippen molar-refractivity contribution in [2.45, 2.75) is 52.1 Å². The van der Waals surface area contributed by atoms with Gasteiger partial charge in [-0.2, -0.15) is 0 Å². The van der Waals surface area contributed by atoms with Crippen molar-refractivity contribution < 1.29 is 14.3 Å². The number of nitrogens with one attached hydrogen (secondary N) is 1. The van der Waals surface area contributed by atoms with Crippen molar-refractivity contribution in [2.24, 2.45) is 10.7 Å². The number of aryl methyl sites for hydroxylation is 1. The number of nitrogens with two attached hydrogens (primary N) is 1. The number of rotatable bonds is 7. The van der Waals surface area contributed by atoms with Crippen molar-refractivity contribution in [3.8, 4) is 0 Å². The summed E-state index contributed by atoms with van der Waals surface area (Å²) in [6.45, 7) is 7.22. The van der Waals surface area contributed by atoms with Gasteiger partial charge in [-0.3, -0.25) is 4.99 Å². The number of guanidine groups is 1. The van der Waals surface area contributed by atoms with E-state index in [4.69, 9.17) is 15.2 Å². The highest BCUT2D eigenvalue weighted by atomic mass is 127. The van der Waals surface area contributed by atoms with Crippen LogP contribution in [-0.4, -0.2) is 55.9 Å². The maximum atomic E-state index is 12.3. The van der Waals surface area contributed by atoms with E-state index in [-0.39, 0.29) is 30.1 Å². The number of nitrogens with zero attached hydrogens (tertiary/aromatic N) is 2. The quantitative estimate of drug-likeness (QED) is 0.326. The number of hydrogen-bond acceptors (Lipinski definition) is 4. The predicted octanol–water partition coefficient (Wildman–Crippen LogP) is 3.79. The lowest BCUT2D eigenvalue weighted by atomic mass is 9.90. The summed E-state index contributed by atoms with van der Waals surface area (Å²) in [6, 6.07) is 6.27. The van der Waals surface area contributed by atoms with Crippen molar-refractivity contribution in [1.82, 2.24) is 4.90 Å². The van der Waals surface area contributed by atoms with Crippen molar-refractivity contribution in [3.05, 3.63) is 29.3 Å². The lowest BCUT2D eigenvalue weighted by Crippen LogP contribution is -2.40. The fourth-order valence-electron chi connectivity index (χ4n) is 3.19. The topological polar surface area (TPSA) is 89.2 Å². The molecule has 1 aromatic carbocycles. The maximum Gasteiger partial charge on any atom is 0.410 e. The predicted molar refractivity (Wildman–Crippen MR) is 128 cm³/mol. The van der Waals surface area contributed by atoms with E-state index in [1.807, 2.05) is 26.8 Å². The molecule has 0 saturated carbocycles. The summed E-state index contributed by atoms with van der Waals surface area (Å²) in [4.78, 5) is 18.3. The minimum atomic E-state index is -0.543. The molecule has 1 aliphatic rings. The van der Waals surface area contributed by atoms with E-state index in [1.165, 1.54) is 24.0 Å². The molecule has 0 saturated heterocycles. The summed E-state index contributed by atoms with van der Waals surface area (Å²) in [5.74, 6) is 0.356. The van der Waals surface area contributed by atoms with Crippen LogP contribution in [0.2, 0.25) is 0 Å². The summed E-state index contributed by atoms with van der Waals surface area (Å²) in [5.41, 5.74) is 9.29. The van der Waals surface area contributed by atoms with Crippen molar-refractivity contribution in [1.29, 1.82) is 0 Å². The lowest BCUT2D eigenvalue weighted by Gasteiger charge is -2.27. The lowest BCUT2D eigenvalue weighted by molar-refractivity contribution is 0.0208. The van der Waals surface area contributed by atoms with Crippen LogP contribution in [0.25, 0.3) is 0 Å². The Morgan fingerprint density at radius 3 is 2.66 bits per heavy atom. The van der Waals surface area contributed by atoms with Gasteiger partial charge in [0.05, 0.1) is 13.2 Å². The highest BCUT2D eigenvalue weighted by Crippen LogP contribution is 2.27. The molecule has 1 aliphatic carbocycles. The standard InChI is InChI=1S/C21H34N4O3.HI/c1-21(2,3)28-20(26)25(14-15-27-4)13-12-23-19(22)24-18-11-7-9-16-8-5-6-10-17(16)18;/h7,9,11H,5-6,8,10,12-15H2,1-4H3,(H3,22,23,24);1H. The Hall–Kier alpha value is -1.55. The van der Waals surface area contributed by atoms with Crippen LogP contribution < -0.4 is 11.1 Å². The molecule has 0 spiro atoms. The van der Waals surface area contributed by atoms with E-state index in [1.54, 1.807) is 12.0 Å². The molecule has 29 heavy (non-hydrogen) atoms. The molecule has 2 rings (SSSR count). The maximum absolute atomic E-state index is 12.3. The molecule has 8 heteroatoms. The van der Waals surface area contributed by atoms with E-state index >= 15 is 0 Å². The molecule has 164 valence electrons. The van der Waals surface area contributed by atoms with Gasteiger partial charge in [-0.15, -0.1) is 24.0 Å². The number of fused-ring (bicyclic) bond motifs is 1. The monoisotopic (exact) mass is 518 g/mol. The van der Waals surface area contributed by atoms with Gasteiger partial charge < -0.3 is 25.4 Å². The van der Waals surface area contributed by atoms with Gasteiger partial charge in [-0.05, 0) is 63.6 Å². The smallest absolute Gasteiger partial charge is 0.410 e. The van der Waals surface area contributed by atoms with Crippen LogP contribution in [0.5, 0.6) is 0 Å². The number of carbonyl (C=O) groups excluding carboxylic acids is 1. The molecule has 0 unspecified atom stereocenters. The summed E-state index contributed by atoms with van der Waals surface area (Å²) >= 11 is 0. The van der Waals surface area contributed by atoms with Crippen LogP contribution in [0.15, 0.2) is 23.2 Å². The Bertz CT molecular complexity index is 689. The molecule has 7 nitrogen and oxygen atoms in total. The normalized spacial score (nSPS) is 13.9. The molecule has 1 aromatic rings. The Morgan fingerprint density at radius 2 is 1.97 bits per heavy atom. The number of ether oxygens (including phenoxy) is 2. The van der Waals surface area contributed by atoms with Crippen LogP contribution in [-0.2, 0) is 22.3 Å². The summed E-state index contributed by atoms with van der Waals surface area (Å²) in [7, 11) is 1.61. The molecule has 0 bridgehead atoms. The van der Waals surface area contributed by atoms with Crippen molar-refractivity contribution >= 4 is 41.7 Å². The number of hydrogen-bond donors (Lipinski definition) is 2. The molecule has 0 aliphatic heterocycles. The summed E-state index contributed by atoms with van der Waals surface area (Å²) in [6.07, 6.45) is 4.25. The molecule has 0 aromatic heterocycles. The highest BCUT2D eigenvalue weighted by molar-refractivity contribution is 14.0. The third-order valence-corrected chi connectivity index (χ3v) is 4.53. The van der Waals surface area contributed by atoms with Gasteiger partial charge >= 0.3 is 6.09 Å². The zero-order valence-electron chi connectivity index (χ0n) is 18.0. The van der Waals surface area contributed by atoms with Gasteiger partial charge in [0.25, 0.3) is 0 Å². The first-order chi connectivity index (χ1) is 13.3. The average Bonchev–Trinajstić information content (AvgIpc) is 2.63. The minimum absolute atomic E-state index is 0. The summed E-state index contributed by atoms with van der Waals surface area (Å²) < 4.78 is 10.5. The average molecular weight is 518 g/mol. The second-order valence-electron chi connectivity index (χ2n) is 8.00.